The lowest BCUT2D eigenvalue weighted by molar-refractivity contribution is -0.222. The van der Waals surface area contributed by atoms with Gasteiger partial charge in [-0.25, -0.2) is 4.79 Å². The highest BCUT2D eigenvalue weighted by molar-refractivity contribution is 5.68. The number of hydrogen-bond acceptors (Lipinski definition) is 7. The van der Waals surface area contributed by atoms with Crippen LogP contribution in [-0.2, 0) is 25.6 Å². The van der Waals surface area contributed by atoms with Crippen LogP contribution in [0.1, 0.15) is 25.8 Å². The monoisotopic (exact) mass is 393 g/mol. The molecule has 3 aliphatic heterocycles. The lowest BCUT2D eigenvalue weighted by Crippen LogP contribution is -2.51. The van der Waals surface area contributed by atoms with Crippen LogP contribution in [0.2, 0.25) is 0 Å². The molecule has 1 aromatic rings. The normalized spacial score (nSPS) is 36.5. The third kappa shape index (κ3) is 3.62. The van der Waals surface area contributed by atoms with Crippen LogP contribution in [0, 0.1) is 5.92 Å². The number of aliphatic hydroxyl groups is 2. The summed E-state index contributed by atoms with van der Waals surface area (Å²) in [4.78, 5) is 14.3. The highest BCUT2D eigenvalue weighted by atomic mass is 16.8. The Hall–Kier alpha value is -1.71. The Balaban J connectivity index is 1.45. The molecule has 1 amide bonds. The summed E-state index contributed by atoms with van der Waals surface area (Å²) in [5.41, 5.74) is 0.890. The van der Waals surface area contributed by atoms with Gasteiger partial charge in [0.25, 0.3) is 0 Å². The number of hydrogen-bond donors (Lipinski definition) is 2. The molecule has 0 aromatic heterocycles. The number of amides is 1. The summed E-state index contributed by atoms with van der Waals surface area (Å²) >= 11 is 0. The maximum atomic E-state index is 12.7. The van der Waals surface area contributed by atoms with Gasteiger partial charge >= 0.3 is 6.09 Å². The average molecular weight is 393 g/mol. The fraction of sp³-hybridized carbons (Fsp3) is 0.650. The van der Waals surface area contributed by atoms with Crippen molar-refractivity contribution in [3.63, 3.8) is 0 Å². The van der Waals surface area contributed by atoms with Crippen molar-refractivity contribution in [2.75, 3.05) is 13.2 Å². The van der Waals surface area contributed by atoms with Gasteiger partial charge in [-0.1, -0.05) is 30.3 Å². The third-order valence-electron chi connectivity index (χ3n) is 5.65. The molecule has 0 spiro atoms. The Morgan fingerprint density at radius 1 is 1.25 bits per heavy atom. The van der Waals surface area contributed by atoms with E-state index < -0.39 is 42.5 Å². The number of rotatable bonds is 4. The fourth-order valence-corrected chi connectivity index (χ4v) is 4.34. The van der Waals surface area contributed by atoms with Crippen LogP contribution >= 0.6 is 0 Å². The summed E-state index contributed by atoms with van der Waals surface area (Å²) in [7, 11) is 0. The minimum atomic E-state index is -0.964. The molecule has 6 atom stereocenters. The van der Waals surface area contributed by atoms with E-state index in [0.29, 0.717) is 13.0 Å². The molecule has 0 radical (unpaired) electrons. The predicted octanol–water partition coefficient (Wildman–Crippen LogP) is 1.24. The number of fused-ring (bicyclic) bond motifs is 1. The van der Waals surface area contributed by atoms with E-state index in [1.165, 1.54) is 0 Å². The molecule has 3 aliphatic rings. The maximum absolute atomic E-state index is 12.7. The largest absolute Gasteiger partial charge is 0.445 e. The summed E-state index contributed by atoms with van der Waals surface area (Å²) in [5, 5.41) is 20.6. The van der Waals surface area contributed by atoms with Crippen LogP contribution in [0.15, 0.2) is 30.3 Å². The number of aliphatic hydroxyl groups excluding tert-OH is 2. The van der Waals surface area contributed by atoms with Crippen molar-refractivity contribution in [1.29, 1.82) is 0 Å². The number of ether oxygens (including phenoxy) is 4. The number of nitrogens with zero attached hydrogens (tertiary/aromatic N) is 1. The summed E-state index contributed by atoms with van der Waals surface area (Å²) in [6.07, 6.45) is -2.88. The van der Waals surface area contributed by atoms with Crippen molar-refractivity contribution in [3.05, 3.63) is 35.9 Å². The van der Waals surface area contributed by atoms with Gasteiger partial charge in [0.2, 0.25) is 0 Å². The second-order valence-corrected chi connectivity index (χ2v) is 8.02. The molecule has 4 rings (SSSR count). The van der Waals surface area contributed by atoms with Gasteiger partial charge in [-0.15, -0.1) is 0 Å². The molecule has 1 aromatic carbocycles. The molecule has 0 saturated carbocycles. The first kappa shape index (κ1) is 19.6. The lowest BCUT2D eigenvalue weighted by Gasteiger charge is -2.34. The van der Waals surface area contributed by atoms with Gasteiger partial charge in [-0.05, 0) is 25.8 Å². The highest BCUT2D eigenvalue weighted by Gasteiger charge is 2.59. The highest BCUT2D eigenvalue weighted by Crippen LogP contribution is 2.42. The minimum absolute atomic E-state index is 0.109. The van der Waals surface area contributed by atoms with Crippen LogP contribution in [0.4, 0.5) is 4.79 Å². The molecule has 3 fully saturated rings. The van der Waals surface area contributed by atoms with E-state index in [0.717, 1.165) is 5.56 Å². The lowest BCUT2D eigenvalue weighted by atomic mass is 9.93. The molecular formula is C20H27NO7. The first-order chi connectivity index (χ1) is 13.4. The van der Waals surface area contributed by atoms with Crippen molar-refractivity contribution >= 4 is 6.09 Å². The number of benzene rings is 1. The molecule has 28 heavy (non-hydrogen) atoms. The first-order valence-corrected chi connectivity index (χ1v) is 9.67. The average Bonchev–Trinajstić information content (AvgIpc) is 3.31. The molecule has 0 unspecified atom stereocenters. The van der Waals surface area contributed by atoms with Crippen molar-refractivity contribution in [3.8, 4) is 0 Å². The zero-order valence-corrected chi connectivity index (χ0v) is 16.1. The second-order valence-electron chi connectivity index (χ2n) is 8.02. The molecule has 3 saturated heterocycles. The van der Waals surface area contributed by atoms with Crippen molar-refractivity contribution in [1.82, 2.24) is 4.90 Å². The van der Waals surface area contributed by atoms with Crippen molar-refractivity contribution in [2.24, 2.45) is 5.92 Å². The Kier molecular flexibility index (Phi) is 5.32. The fourth-order valence-electron chi connectivity index (χ4n) is 4.34. The van der Waals surface area contributed by atoms with E-state index in [-0.39, 0.29) is 19.1 Å². The molecule has 8 nitrogen and oxygen atoms in total. The van der Waals surface area contributed by atoms with Gasteiger partial charge in [-0.2, -0.15) is 0 Å². The minimum Gasteiger partial charge on any atom is -0.445 e. The van der Waals surface area contributed by atoms with E-state index in [1.54, 1.807) is 18.7 Å². The topological polar surface area (TPSA) is 97.7 Å². The number of carbonyl (C=O) groups is 1. The van der Waals surface area contributed by atoms with Gasteiger partial charge in [-0.3, -0.25) is 0 Å². The van der Waals surface area contributed by atoms with Crippen LogP contribution in [0.25, 0.3) is 0 Å². The zero-order chi connectivity index (χ0) is 19.9. The number of carbonyl (C=O) groups excluding carboxylic acids is 1. The van der Waals surface area contributed by atoms with Gasteiger partial charge in [0, 0.05) is 19.1 Å². The number of likely N-dealkylation sites (tertiary alicyclic amines) is 1. The van der Waals surface area contributed by atoms with E-state index in [2.05, 4.69) is 0 Å². The zero-order valence-electron chi connectivity index (χ0n) is 16.1. The molecular weight excluding hydrogens is 366 g/mol. The Morgan fingerprint density at radius 3 is 2.68 bits per heavy atom. The molecule has 3 heterocycles. The van der Waals surface area contributed by atoms with E-state index in [9.17, 15) is 15.0 Å². The molecule has 8 heteroatoms. The summed E-state index contributed by atoms with van der Waals surface area (Å²) < 4.78 is 22.8. The Morgan fingerprint density at radius 2 is 2.00 bits per heavy atom. The van der Waals surface area contributed by atoms with Crippen molar-refractivity contribution < 1.29 is 34.0 Å². The molecule has 154 valence electrons. The quantitative estimate of drug-likeness (QED) is 0.794. The Bertz CT molecular complexity index is 697. The predicted molar refractivity (Wildman–Crippen MR) is 97.0 cm³/mol. The SMILES string of the molecule is CC1(C)O[C@H]2O[C@H]([C@H]3[C@H](CO)CCN3C(=O)OCc3ccccc3)[C@H](O)[C@H]2O1. The van der Waals surface area contributed by atoms with Gasteiger partial charge in [0.05, 0.1) is 6.04 Å². The maximum Gasteiger partial charge on any atom is 0.410 e. The van der Waals surface area contributed by atoms with Gasteiger partial charge in [0.1, 0.15) is 24.9 Å². The first-order valence-electron chi connectivity index (χ1n) is 9.67. The van der Waals surface area contributed by atoms with Gasteiger partial charge < -0.3 is 34.1 Å². The Labute approximate surface area is 163 Å². The van der Waals surface area contributed by atoms with Crippen LogP contribution in [0.5, 0.6) is 0 Å². The second kappa shape index (κ2) is 7.61. The third-order valence-corrected chi connectivity index (χ3v) is 5.65. The van der Waals surface area contributed by atoms with Crippen LogP contribution in [-0.4, -0.2) is 70.8 Å². The molecule has 0 aliphatic carbocycles. The van der Waals surface area contributed by atoms with E-state index in [4.69, 9.17) is 18.9 Å². The standard InChI is InChI=1S/C20H27NO7/c1-20(2)27-17-15(23)16(26-18(17)28-20)14-13(10-22)8-9-21(14)19(24)25-11-12-6-4-3-5-7-12/h3-7,13-18,22-23H,8-11H2,1-2H3/t13-,14+,15-,16+,17+,18+/m0/s1. The smallest absolute Gasteiger partial charge is 0.410 e. The summed E-state index contributed by atoms with van der Waals surface area (Å²) in [6.45, 7) is 4.00. The van der Waals surface area contributed by atoms with Crippen molar-refractivity contribution in [2.45, 2.75) is 63.3 Å². The summed E-state index contributed by atoms with van der Waals surface area (Å²) in [5.74, 6) is -1.04. The molecule has 0 bridgehead atoms. The van der Waals surface area contributed by atoms with E-state index in [1.807, 2.05) is 30.3 Å². The van der Waals surface area contributed by atoms with Crippen LogP contribution in [0.3, 0.4) is 0 Å². The van der Waals surface area contributed by atoms with E-state index >= 15 is 0 Å². The van der Waals surface area contributed by atoms with Crippen LogP contribution < -0.4 is 0 Å². The summed E-state index contributed by atoms with van der Waals surface area (Å²) in [6, 6.07) is 8.91. The van der Waals surface area contributed by atoms with Gasteiger partial charge in [0.15, 0.2) is 12.1 Å². The molecule has 2 N–H and O–H groups in total.